The van der Waals surface area contributed by atoms with Gasteiger partial charge in [0.05, 0.1) is 0 Å². The first-order chi connectivity index (χ1) is 10.2. The van der Waals surface area contributed by atoms with Crippen LogP contribution in [0.5, 0.6) is 5.75 Å². The van der Waals surface area contributed by atoms with Crippen LogP contribution in [0, 0.1) is 6.92 Å². The molecule has 1 N–H and O–H groups in total. The van der Waals surface area contributed by atoms with Crippen LogP contribution in [0.1, 0.15) is 16.7 Å². The van der Waals surface area contributed by atoms with Gasteiger partial charge in [-0.3, -0.25) is 0 Å². The average molecular weight is 346 g/mol. The van der Waals surface area contributed by atoms with Crippen molar-refractivity contribution in [3.05, 3.63) is 76.3 Å². The summed E-state index contributed by atoms with van der Waals surface area (Å²) in [5.41, 5.74) is 3.57. The summed E-state index contributed by atoms with van der Waals surface area (Å²) in [5, 5.41) is 3.31. The van der Waals surface area contributed by atoms with Crippen LogP contribution in [0.15, 0.2) is 59.6 Å². The third-order valence-electron chi connectivity index (χ3n) is 3.10. The second-order valence-corrected chi connectivity index (χ2v) is 5.87. The monoisotopic (exact) mass is 345 g/mol. The highest BCUT2D eigenvalue weighted by Crippen LogP contribution is 2.24. The van der Waals surface area contributed by atoms with E-state index in [1.54, 1.807) is 0 Å². The molecule has 2 nitrogen and oxygen atoms in total. The molecule has 0 saturated carbocycles. The van der Waals surface area contributed by atoms with E-state index in [9.17, 15) is 0 Å². The lowest BCUT2D eigenvalue weighted by Gasteiger charge is -2.13. The normalized spacial score (nSPS) is 10.4. The van der Waals surface area contributed by atoms with Crippen LogP contribution < -0.4 is 10.1 Å². The van der Waals surface area contributed by atoms with E-state index in [0.29, 0.717) is 6.61 Å². The summed E-state index contributed by atoms with van der Waals surface area (Å²) in [4.78, 5) is 0. The first kappa shape index (κ1) is 15.8. The molecule has 2 aromatic carbocycles. The van der Waals surface area contributed by atoms with Gasteiger partial charge in [-0.1, -0.05) is 51.8 Å². The largest absolute Gasteiger partial charge is 0.489 e. The van der Waals surface area contributed by atoms with Crippen molar-refractivity contribution >= 4 is 15.9 Å². The molecular weight excluding hydrogens is 326 g/mol. The van der Waals surface area contributed by atoms with Crippen molar-refractivity contribution in [1.29, 1.82) is 0 Å². The van der Waals surface area contributed by atoms with Crippen LogP contribution in [0.25, 0.3) is 0 Å². The van der Waals surface area contributed by atoms with Crippen LogP contribution in [0.4, 0.5) is 0 Å². The molecule has 3 heteroatoms. The Bertz CT molecular complexity index is 610. The minimum atomic E-state index is 0.581. The van der Waals surface area contributed by atoms with E-state index in [-0.39, 0.29) is 0 Å². The quantitative estimate of drug-likeness (QED) is 0.584. The molecule has 0 aliphatic carbocycles. The number of hydrogen-bond donors (Lipinski definition) is 1. The van der Waals surface area contributed by atoms with E-state index in [2.05, 4.69) is 65.1 Å². The molecule has 0 atom stereocenters. The Labute approximate surface area is 135 Å². The van der Waals surface area contributed by atoms with Crippen molar-refractivity contribution in [3.63, 3.8) is 0 Å². The number of hydrogen-bond acceptors (Lipinski definition) is 2. The lowest BCUT2D eigenvalue weighted by Crippen LogP contribution is -2.13. The van der Waals surface area contributed by atoms with Gasteiger partial charge < -0.3 is 10.1 Å². The maximum Gasteiger partial charge on any atom is 0.124 e. The molecule has 0 amide bonds. The molecule has 0 radical (unpaired) electrons. The van der Waals surface area contributed by atoms with Crippen LogP contribution in [0.3, 0.4) is 0 Å². The molecule has 2 aromatic rings. The summed E-state index contributed by atoms with van der Waals surface area (Å²) in [5.74, 6) is 0.913. The lowest BCUT2D eigenvalue weighted by atomic mass is 10.1. The first-order valence-corrected chi connectivity index (χ1v) is 7.76. The second kappa shape index (κ2) is 8.01. The predicted molar refractivity (Wildman–Crippen MR) is 91.6 cm³/mol. The van der Waals surface area contributed by atoms with Crippen molar-refractivity contribution in [2.75, 3.05) is 6.54 Å². The van der Waals surface area contributed by atoms with Gasteiger partial charge in [-0.2, -0.15) is 0 Å². The second-order valence-electron chi connectivity index (χ2n) is 4.95. The highest BCUT2D eigenvalue weighted by Gasteiger charge is 2.05. The van der Waals surface area contributed by atoms with Crippen LogP contribution in [0.2, 0.25) is 0 Å². The van der Waals surface area contributed by atoms with Gasteiger partial charge in [0.2, 0.25) is 0 Å². The molecule has 2 rings (SSSR count). The molecule has 0 aliphatic rings. The highest BCUT2D eigenvalue weighted by molar-refractivity contribution is 9.10. The standard InChI is InChI=1S/C18H20BrNO/c1-3-9-20-12-16-11-17(19)7-8-18(16)21-13-15-6-4-5-14(2)10-15/h3-8,10-11,20H,1,9,12-13H2,2H3. The van der Waals surface area contributed by atoms with Gasteiger partial charge in [0, 0.05) is 23.1 Å². The number of benzene rings is 2. The number of rotatable bonds is 7. The SMILES string of the molecule is C=CCNCc1cc(Br)ccc1OCc1cccc(C)c1. The summed E-state index contributed by atoms with van der Waals surface area (Å²) in [7, 11) is 0. The third kappa shape index (κ3) is 5.03. The Kier molecular flexibility index (Phi) is 6.03. The predicted octanol–water partition coefficient (Wildman–Crippen LogP) is 4.61. The van der Waals surface area contributed by atoms with Gasteiger partial charge in [-0.05, 0) is 30.7 Å². The summed E-state index contributed by atoms with van der Waals surface area (Å²) >= 11 is 3.51. The summed E-state index contributed by atoms with van der Waals surface area (Å²) < 4.78 is 7.03. The third-order valence-corrected chi connectivity index (χ3v) is 3.60. The van der Waals surface area contributed by atoms with Crippen LogP contribution in [-0.4, -0.2) is 6.54 Å². The zero-order chi connectivity index (χ0) is 15.1. The first-order valence-electron chi connectivity index (χ1n) is 6.97. The van der Waals surface area contributed by atoms with Crippen molar-refractivity contribution in [2.45, 2.75) is 20.1 Å². The van der Waals surface area contributed by atoms with E-state index in [4.69, 9.17) is 4.74 Å². The number of nitrogens with one attached hydrogen (secondary N) is 1. The van der Waals surface area contributed by atoms with E-state index >= 15 is 0 Å². The van der Waals surface area contributed by atoms with Gasteiger partial charge >= 0.3 is 0 Å². The van der Waals surface area contributed by atoms with E-state index in [1.807, 2.05) is 18.2 Å². The van der Waals surface area contributed by atoms with Gasteiger partial charge in [0.15, 0.2) is 0 Å². The maximum absolute atomic E-state index is 5.98. The van der Waals surface area contributed by atoms with Crippen molar-refractivity contribution in [2.24, 2.45) is 0 Å². The Balaban J connectivity index is 2.06. The van der Waals surface area contributed by atoms with E-state index in [0.717, 1.165) is 28.9 Å². The molecule has 0 unspecified atom stereocenters. The van der Waals surface area contributed by atoms with E-state index in [1.165, 1.54) is 11.1 Å². The smallest absolute Gasteiger partial charge is 0.124 e. The molecule has 0 bridgehead atoms. The molecule has 110 valence electrons. The minimum Gasteiger partial charge on any atom is -0.489 e. The van der Waals surface area contributed by atoms with Crippen LogP contribution in [-0.2, 0) is 13.2 Å². The lowest BCUT2D eigenvalue weighted by molar-refractivity contribution is 0.302. The van der Waals surface area contributed by atoms with Crippen molar-refractivity contribution in [3.8, 4) is 5.75 Å². The van der Waals surface area contributed by atoms with Crippen molar-refractivity contribution < 1.29 is 4.74 Å². The van der Waals surface area contributed by atoms with Gasteiger partial charge in [-0.15, -0.1) is 6.58 Å². The fourth-order valence-electron chi connectivity index (χ4n) is 2.10. The fraction of sp³-hybridized carbons (Fsp3) is 0.222. The topological polar surface area (TPSA) is 21.3 Å². The molecular formula is C18H20BrNO. The van der Waals surface area contributed by atoms with Gasteiger partial charge in [0.25, 0.3) is 0 Å². The van der Waals surface area contributed by atoms with Crippen molar-refractivity contribution in [1.82, 2.24) is 5.32 Å². The summed E-state index contributed by atoms with van der Waals surface area (Å²) in [6, 6.07) is 14.5. The minimum absolute atomic E-state index is 0.581. The Morgan fingerprint density at radius 3 is 2.86 bits per heavy atom. The Morgan fingerprint density at radius 2 is 2.10 bits per heavy atom. The van der Waals surface area contributed by atoms with Crippen LogP contribution >= 0.6 is 15.9 Å². The number of aryl methyl sites for hydroxylation is 1. The van der Waals surface area contributed by atoms with Gasteiger partial charge in [0.1, 0.15) is 12.4 Å². The molecule has 0 fully saturated rings. The van der Waals surface area contributed by atoms with Gasteiger partial charge in [-0.25, -0.2) is 0 Å². The summed E-state index contributed by atoms with van der Waals surface area (Å²) in [6.07, 6.45) is 1.85. The average Bonchev–Trinajstić information content (AvgIpc) is 2.47. The maximum atomic E-state index is 5.98. The fourth-order valence-corrected chi connectivity index (χ4v) is 2.51. The van der Waals surface area contributed by atoms with E-state index < -0.39 is 0 Å². The number of halogens is 1. The zero-order valence-corrected chi connectivity index (χ0v) is 13.8. The highest BCUT2D eigenvalue weighted by atomic mass is 79.9. The molecule has 0 saturated heterocycles. The molecule has 0 heterocycles. The molecule has 0 spiro atoms. The molecule has 0 aromatic heterocycles. The summed E-state index contributed by atoms with van der Waals surface area (Å²) in [6.45, 7) is 7.93. The number of ether oxygens (including phenoxy) is 1. The molecule has 0 aliphatic heterocycles. The Hall–Kier alpha value is -1.58. The zero-order valence-electron chi connectivity index (χ0n) is 12.2. The molecule has 21 heavy (non-hydrogen) atoms. The Morgan fingerprint density at radius 1 is 1.24 bits per heavy atom.